The number of unbranched alkanes of at least 4 members (excludes halogenated alkanes) is 1. The van der Waals surface area contributed by atoms with Crippen LogP contribution in [-0.2, 0) is 17.8 Å². The van der Waals surface area contributed by atoms with Crippen LogP contribution in [0.25, 0.3) is 0 Å². The van der Waals surface area contributed by atoms with Crippen molar-refractivity contribution in [2.45, 2.75) is 37.6 Å². The molecular weight excluding hydrogens is 518 g/mol. The van der Waals surface area contributed by atoms with Gasteiger partial charge in [-0.15, -0.1) is 23.1 Å². The highest BCUT2D eigenvalue weighted by molar-refractivity contribution is 7.98. The Hall–Kier alpha value is -3.17. The number of ether oxygens (including phenoxy) is 2. The fourth-order valence-corrected chi connectivity index (χ4v) is 5.05. The average Bonchev–Trinajstić information content (AvgIpc) is 3.46. The monoisotopic (exact) mass is 555 g/mol. The largest absolute Gasteiger partial charge is 0.493 e. The topological polar surface area (TPSA) is 71.1 Å². The van der Waals surface area contributed by atoms with Crippen LogP contribution < -0.4 is 14.8 Å². The number of hydrogen-bond donors (Lipinski definition) is 1. The number of nitrogens with one attached hydrogen (secondary N) is 1. The predicted molar refractivity (Wildman–Crippen MR) is 157 cm³/mol. The molecule has 0 saturated heterocycles. The van der Waals surface area contributed by atoms with Crippen LogP contribution in [0.4, 0.5) is 10.5 Å². The summed E-state index contributed by atoms with van der Waals surface area (Å²) < 4.78 is 10.8. The molecule has 0 aliphatic heterocycles. The molecular formula is C29H37N3O4S2. The second-order valence-corrected chi connectivity index (χ2v) is 10.7. The molecule has 0 aliphatic rings. The summed E-state index contributed by atoms with van der Waals surface area (Å²) in [5, 5.41) is 4.97. The molecule has 0 unspecified atom stereocenters. The lowest BCUT2D eigenvalue weighted by Crippen LogP contribution is -2.45. The van der Waals surface area contributed by atoms with Gasteiger partial charge in [0.15, 0.2) is 11.5 Å². The molecule has 0 fully saturated rings. The number of carbonyl (C=O) groups excluding carboxylic acids is 2. The Morgan fingerprint density at radius 2 is 1.74 bits per heavy atom. The van der Waals surface area contributed by atoms with E-state index in [-0.39, 0.29) is 18.5 Å². The Labute approximate surface area is 234 Å². The SMILES string of the molecule is CCCCN(CC(=O)N(CCc1ccc(OC)c(OC)c1)Cc1cccs1)C(=O)Nc1ccc(SC)cc1. The van der Waals surface area contributed by atoms with Crippen LogP contribution in [0.5, 0.6) is 11.5 Å². The van der Waals surface area contributed by atoms with Gasteiger partial charge in [0, 0.05) is 28.5 Å². The zero-order chi connectivity index (χ0) is 27.3. The zero-order valence-electron chi connectivity index (χ0n) is 22.6. The molecule has 2 aromatic carbocycles. The molecule has 3 rings (SSSR count). The van der Waals surface area contributed by atoms with Gasteiger partial charge in [-0.1, -0.05) is 25.5 Å². The molecule has 3 amide bonds. The van der Waals surface area contributed by atoms with Crippen LogP contribution in [0.2, 0.25) is 0 Å². The third kappa shape index (κ3) is 8.70. The van der Waals surface area contributed by atoms with Crippen molar-refractivity contribution >= 4 is 40.7 Å². The summed E-state index contributed by atoms with van der Waals surface area (Å²) in [6.45, 7) is 3.63. The van der Waals surface area contributed by atoms with Crippen molar-refractivity contribution < 1.29 is 19.1 Å². The molecule has 0 atom stereocenters. The van der Waals surface area contributed by atoms with Crippen LogP contribution in [0.3, 0.4) is 0 Å². The lowest BCUT2D eigenvalue weighted by atomic mass is 10.1. The molecule has 1 heterocycles. The molecule has 0 bridgehead atoms. The predicted octanol–water partition coefficient (Wildman–Crippen LogP) is 6.39. The lowest BCUT2D eigenvalue weighted by molar-refractivity contribution is -0.132. The molecule has 0 saturated carbocycles. The van der Waals surface area contributed by atoms with E-state index in [2.05, 4.69) is 12.2 Å². The van der Waals surface area contributed by atoms with E-state index >= 15 is 0 Å². The molecule has 1 aromatic heterocycles. The van der Waals surface area contributed by atoms with Gasteiger partial charge in [0.1, 0.15) is 6.54 Å². The molecule has 9 heteroatoms. The van der Waals surface area contributed by atoms with E-state index < -0.39 is 0 Å². The number of methoxy groups -OCH3 is 2. The Morgan fingerprint density at radius 1 is 0.974 bits per heavy atom. The van der Waals surface area contributed by atoms with Crippen molar-refractivity contribution in [1.82, 2.24) is 9.80 Å². The maximum Gasteiger partial charge on any atom is 0.322 e. The van der Waals surface area contributed by atoms with E-state index in [9.17, 15) is 9.59 Å². The van der Waals surface area contributed by atoms with Gasteiger partial charge in [-0.3, -0.25) is 4.79 Å². The zero-order valence-corrected chi connectivity index (χ0v) is 24.2. The smallest absolute Gasteiger partial charge is 0.322 e. The Bertz CT molecular complexity index is 1150. The van der Waals surface area contributed by atoms with E-state index in [1.807, 2.05) is 71.1 Å². The number of urea groups is 1. The lowest BCUT2D eigenvalue weighted by Gasteiger charge is -2.28. The summed E-state index contributed by atoms with van der Waals surface area (Å²) >= 11 is 3.27. The molecule has 0 radical (unpaired) electrons. The quantitative estimate of drug-likeness (QED) is 0.233. The fourth-order valence-electron chi connectivity index (χ4n) is 3.92. The minimum atomic E-state index is -0.264. The third-order valence-corrected chi connectivity index (χ3v) is 7.74. The molecule has 204 valence electrons. The first-order chi connectivity index (χ1) is 18.5. The van der Waals surface area contributed by atoms with Gasteiger partial charge in [-0.2, -0.15) is 0 Å². The highest BCUT2D eigenvalue weighted by atomic mass is 32.2. The first-order valence-electron chi connectivity index (χ1n) is 12.7. The van der Waals surface area contributed by atoms with E-state index in [0.717, 1.165) is 28.2 Å². The average molecular weight is 556 g/mol. The van der Waals surface area contributed by atoms with Crippen LogP contribution in [0.1, 0.15) is 30.2 Å². The van der Waals surface area contributed by atoms with Crippen LogP contribution in [0, 0.1) is 0 Å². The molecule has 3 aromatic rings. The van der Waals surface area contributed by atoms with Gasteiger partial charge >= 0.3 is 6.03 Å². The maximum absolute atomic E-state index is 13.6. The fraction of sp³-hybridized carbons (Fsp3) is 0.379. The van der Waals surface area contributed by atoms with Crippen molar-refractivity contribution in [2.75, 3.05) is 45.4 Å². The van der Waals surface area contributed by atoms with E-state index in [0.29, 0.717) is 43.2 Å². The molecule has 0 spiro atoms. The number of thiophene rings is 1. The molecule has 1 N–H and O–H groups in total. The van der Waals surface area contributed by atoms with Crippen LogP contribution >= 0.6 is 23.1 Å². The normalized spacial score (nSPS) is 10.6. The van der Waals surface area contributed by atoms with Gasteiger partial charge < -0.3 is 24.6 Å². The summed E-state index contributed by atoms with van der Waals surface area (Å²) in [6, 6.07) is 17.3. The number of rotatable bonds is 14. The van der Waals surface area contributed by atoms with Crippen molar-refractivity contribution in [3.05, 3.63) is 70.4 Å². The number of carbonyl (C=O) groups is 2. The highest BCUT2D eigenvalue weighted by Gasteiger charge is 2.22. The van der Waals surface area contributed by atoms with Crippen LogP contribution in [0.15, 0.2) is 64.9 Å². The van der Waals surface area contributed by atoms with Crippen LogP contribution in [-0.4, -0.2) is 61.8 Å². The number of amides is 3. The van der Waals surface area contributed by atoms with Gasteiger partial charge in [0.05, 0.1) is 20.8 Å². The molecule has 38 heavy (non-hydrogen) atoms. The summed E-state index contributed by atoms with van der Waals surface area (Å²) in [5.41, 5.74) is 1.76. The number of hydrogen-bond acceptors (Lipinski definition) is 6. The minimum Gasteiger partial charge on any atom is -0.493 e. The number of thioether (sulfide) groups is 1. The molecule has 7 nitrogen and oxygen atoms in total. The number of nitrogens with zero attached hydrogens (tertiary/aromatic N) is 2. The van der Waals surface area contributed by atoms with Gasteiger partial charge in [-0.05, 0) is 72.5 Å². The second kappa shape index (κ2) is 15.3. The number of benzene rings is 2. The minimum absolute atomic E-state index is 0.0199. The molecule has 0 aliphatic carbocycles. The third-order valence-electron chi connectivity index (χ3n) is 6.13. The van der Waals surface area contributed by atoms with Crippen molar-refractivity contribution in [2.24, 2.45) is 0 Å². The Morgan fingerprint density at radius 3 is 2.37 bits per heavy atom. The van der Waals surface area contributed by atoms with Gasteiger partial charge in [0.2, 0.25) is 5.91 Å². The standard InChI is InChI=1S/C29H37N3O4S2/c1-5-6-16-32(29(34)30-23-10-12-24(37-4)13-11-23)21-28(33)31(20-25-8-7-18-38-25)17-15-22-9-14-26(35-2)27(19-22)36-3/h7-14,18-19H,5-6,15-17,20-21H2,1-4H3,(H,30,34). The number of anilines is 1. The van der Waals surface area contributed by atoms with Gasteiger partial charge in [0.25, 0.3) is 0 Å². The summed E-state index contributed by atoms with van der Waals surface area (Å²) in [4.78, 5) is 32.4. The van der Waals surface area contributed by atoms with E-state index in [1.54, 1.807) is 42.2 Å². The maximum atomic E-state index is 13.6. The summed E-state index contributed by atoms with van der Waals surface area (Å²) in [6.07, 6.45) is 4.42. The van der Waals surface area contributed by atoms with Gasteiger partial charge in [-0.25, -0.2) is 4.79 Å². The van der Waals surface area contributed by atoms with Crippen molar-refractivity contribution in [3.63, 3.8) is 0 Å². The van der Waals surface area contributed by atoms with E-state index in [1.165, 1.54) is 0 Å². The Kier molecular flexibility index (Phi) is 11.8. The van der Waals surface area contributed by atoms with E-state index in [4.69, 9.17) is 9.47 Å². The first kappa shape index (κ1) is 29.4. The van der Waals surface area contributed by atoms with Crippen molar-refractivity contribution in [3.8, 4) is 11.5 Å². The first-order valence-corrected chi connectivity index (χ1v) is 14.8. The summed E-state index contributed by atoms with van der Waals surface area (Å²) in [7, 11) is 3.22. The Balaban J connectivity index is 1.72. The summed E-state index contributed by atoms with van der Waals surface area (Å²) in [5.74, 6) is 1.25. The second-order valence-electron chi connectivity index (χ2n) is 8.77. The highest BCUT2D eigenvalue weighted by Crippen LogP contribution is 2.28. The van der Waals surface area contributed by atoms with Crippen molar-refractivity contribution in [1.29, 1.82) is 0 Å².